The van der Waals surface area contributed by atoms with Gasteiger partial charge in [0, 0.05) is 29.7 Å². The Morgan fingerprint density at radius 3 is 2.64 bits per heavy atom. The van der Waals surface area contributed by atoms with E-state index < -0.39 is 4.92 Å². The Morgan fingerprint density at radius 2 is 1.96 bits per heavy atom. The molecule has 4 rings (SSSR count). The zero-order valence-corrected chi connectivity index (χ0v) is 16.0. The van der Waals surface area contributed by atoms with E-state index in [1.165, 1.54) is 28.8 Å². The molecule has 9 heteroatoms. The molecule has 1 fully saturated rings. The summed E-state index contributed by atoms with van der Waals surface area (Å²) in [6.07, 6.45) is 5.15. The topological polar surface area (TPSA) is 81.5 Å². The molecule has 1 saturated heterocycles. The van der Waals surface area contributed by atoms with Gasteiger partial charge in [0.15, 0.2) is 0 Å². The van der Waals surface area contributed by atoms with Crippen LogP contribution in [0, 0.1) is 10.1 Å². The van der Waals surface area contributed by atoms with Crippen molar-refractivity contribution in [2.45, 2.75) is 6.54 Å². The van der Waals surface area contributed by atoms with Crippen molar-refractivity contribution in [3.05, 3.63) is 87.5 Å². The molecule has 28 heavy (non-hydrogen) atoms. The number of aromatic nitrogens is 1. The number of thioether (sulfide) groups is 1. The number of furan rings is 1. The number of nitro groups is 1. The second-order valence-electron chi connectivity index (χ2n) is 5.92. The van der Waals surface area contributed by atoms with Gasteiger partial charge in [-0.25, -0.2) is 0 Å². The molecule has 0 unspecified atom stereocenters. The lowest BCUT2D eigenvalue weighted by atomic mass is 10.2. The van der Waals surface area contributed by atoms with Crippen LogP contribution < -0.4 is 0 Å². The van der Waals surface area contributed by atoms with Crippen LogP contribution in [-0.2, 0) is 11.3 Å². The van der Waals surface area contributed by atoms with Crippen LogP contribution in [0.1, 0.15) is 11.5 Å². The molecule has 1 aromatic carbocycles. The fraction of sp³-hybridized carbons (Fsp3) is 0.0526. The van der Waals surface area contributed by atoms with Crippen LogP contribution in [-0.4, -0.2) is 24.6 Å². The lowest BCUT2D eigenvalue weighted by molar-refractivity contribution is -0.384. The van der Waals surface area contributed by atoms with Crippen molar-refractivity contribution < 1.29 is 14.1 Å². The molecular weight excluding hydrogens is 398 g/mol. The molecule has 0 atom stereocenters. The van der Waals surface area contributed by atoms with Crippen LogP contribution in [0.25, 0.3) is 11.8 Å². The molecule has 1 amide bonds. The Bertz CT molecular complexity index is 1080. The molecule has 0 radical (unpaired) electrons. The van der Waals surface area contributed by atoms with Crippen molar-refractivity contribution in [3.8, 4) is 5.69 Å². The normalized spacial score (nSPS) is 15.6. The quantitative estimate of drug-likeness (QED) is 0.268. The van der Waals surface area contributed by atoms with Crippen molar-refractivity contribution in [2.75, 3.05) is 0 Å². The first-order valence-electron chi connectivity index (χ1n) is 8.23. The van der Waals surface area contributed by atoms with Crippen LogP contribution in [0.2, 0.25) is 0 Å². The average Bonchev–Trinajstić information content (AvgIpc) is 3.41. The molecule has 3 aromatic rings. The fourth-order valence-corrected chi connectivity index (χ4v) is 4.05. The standard InChI is InChI=1S/C19H13N3O4S2/c23-18-17(28-19(27)21(18)12-16-4-2-10-26-16)11-15-3-1-9-20(15)13-5-7-14(8-6-13)22(24)25/h1-11H,12H2/b17-11-. The van der Waals surface area contributed by atoms with E-state index in [1.54, 1.807) is 36.6 Å². The Kier molecular flexibility index (Phi) is 4.84. The van der Waals surface area contributed by atoms with Crippen molar-refractivity contribution in [1.29, 1.82) is 0 Å². The minimum absolute atomic E-state index is 0.0243. The van der Waals surface area contributed by atoms with Gasteiger partial charge in [-0.2, -0.15) is 0 Å². The van der Waals surface area contributed by atoms with Crippen LogP contribution in [0.4, 0.5) is 5.69 Å². The summed E-state index contributed by atoms with van der Waals surface area (Å²) in [5.74, 6) is 0.481. The highest BCUT2D eigenvalue weighted by Gasteiger charge is 2.32. The number of amides is 1. The highest BCUT2D eigenvalue weighted by Crippen LogP contribution is 2.34. The number of carbonyl (C=O) groups excluding carboxylic acids is 1. The molecule has 2 aromatic heterocycles. The maximum atomic E-state index is 12.8. The number of nitrogens with zero attached hydrogens (tertiary/aromatic N) is 3. The smallest absolute Gasteiger partial charge is 0.269 e. The number of thiocarbonyl (C=S) groups is 1. The first-order chi connectivity index (χ1) is 13.5. The van der Waals surface area contributed by atoms with Gasteiger partial charge in [0.25, 0.3) is 11.6 Å². The Hall–Kier alpha value is -3.17. The van der Waals surface area contributed by atoms with E-state index in [1.807, 2.05) is 22.9 Å². The second kappa shape index (κ2) is 7.45. The minimum Gasteiger partial charge on any atom is -0.467 e. The maximum Gasteiger partial charge on any atom is 0.269 e. The first kappa shape index (κ1) is 18.2. The molecule has 0 aliphatic carbocycles. The largest absolute Gasteiger partial charge is 0.467 e. The van der Waals surface area contributed by atoms with E-state index in [4.69, 9.17) is 16.6 Å². The molecule has 0 bridgehead atoms. The lowest BCUT2D eigenvalue weighted by Crippen LogP contribution is -2.27. The Morgan fingerprint density at radius 1 is 1.18 bits per heavy atom. The number of hydrogen-bond acceptors (Lipinski definition) is 6. The van der Waals surface area contributed by atoms with Gasteiger partial charge >= 0.3 is 0 Å². The predicted molar refractivity (Wildman–Crippen MR) is 110 cm³/mol. The molecular formula is C19H13N3O4S2. The number of nitro benzene ring substituents is 1. The molecule has 7 nitrogen and oxygen atoms in total. The summed E-state index contributed by atoms with van der Waals surface area (Å²) < 4.78 is 7.63. The SMILES string of the molecule is O=C1/C(=C/c2cccn2-c2ccc([N+](=O)[O-])cc2)SC(=S)N1Cc1ccco1. The highest BCUT2D eigenvalue weighted by molar-refractivity contribution is 8.26. The predicted octanol–water partition coefficient (Wildman–Crippen LogP) is 4.38. The Balaban J connectivity index is 1.60. The lowest BCUT2D eigenvalue weighted by Gasteiger charge is -2.12. The summed E-state index contributed by atoms with van der Waals surface area (Å²) in [6.45, 7) is 0.290. The summed E-state index contributed by atoms with van der Waals surface area (Å²) in [4.78, 5) is 25.2. The van der Waals surface area contributed by atoms with Gasteiger partial charge in [0.1, 0.15) is 10.1 Å². The second-order valence-corrected chi connectivity index (χ2v) is 7.60. The summed E-state index contributed by atoms with van der Waals surface area (Å²) in [7, 11) is 0. The zero-order valence-electron chi connectivity index (χ0n) is 14.3. The van der Waals surface area contributed by atoms with Crippen LogP contribution in [0.15, 0.2) is 70.3 Å². The van der Waals surface area contributed by atoms with Gasteiger partial charge in [0.2, 0.25) is 0 Å². The average molecular weight is 411 g/mol. The summed E-state index contributed by atoms with van der Waals surface area (Å²) in [5, 5.41) is 10.8. The van der Waals surface area contributed by atoms with Crippen LogP contribution >= 0.6 is 24.0 Å². The number of non-ortho nitro benzene ring substituents is 1. The molecule has 3 heterocycles. The van der Waals surface area contributed by atoms with Crippen LogP contribution in [0.3, 0.4) is 0 Å². The molecule has 0 saturated carbocycles. The Labute approximate surface area is 169 Å². The summed E-state index contributed by atoms with van der Waals surface area (Å²) in [5.41, 5.74) is 1.55. The summed E-state index contributed by atoms with van der Waals surface area (Å²) in [6, 6.07) is 13.5. The monoisotopic (exact) mass is 411 g/mol. The van der Waals surface area contributed by atoms with Crippen LogP contribution in [0.5, 0.6) is 0 Å². The summed E-state index contributed by atoms with van der Waals surface area (Å²) >= 11 is 6.58. The van der Waals surface area contributed by atoms with Crippen molar-refractivity contribution >= 4 is 46.0 Å². The maximum absolute atomic E-state index is 12.8. The zero-order chi connectivity index (χ0) is 19.7. The van der Waals surface area contributed by atoms with E-state index in [0.29, 0.717) is 21.5 Å². The first-order valence-corrected chi connectivity index (χ1v) is 9.45. The fourth-order valence-electron chi connectivity index (χ4n) is 2.81. The van der Waals surface area contributed by atoms with Crippen molar-refractivity contribution in [3.63, 3.8) is 0 Å². The number of hydrogen-bond donors (Lipinski definition) is 0. The third-order valence-corrected chi connectivity index (χ3v) is 5.54. The number of carbonyl (C=O) groups is 1. The third-order valence-electron chi connectivity index (χ3n) is 4.17. The third kappa shape index (κ3) is 3.49. The van der Waals surface area contributed by atoms with Crippen molar-refractivity contribution in [1.82, 2.24) is 9.47 Å². The molecule has 0 N–H and O–H groups in total. The van der Waals surface area contributed by atoms with Gasteiger partial charge < -0.3 is 8.98 Å². The van der Waals surface area contributed by atoms with E-state index in [0.717, 1.165) is 11.4 Å². The molecule has 140 valence electrons. The molecule has 1 aliphatic rings. The number of benzene rings is 1. The van der Waals surface area contributed by atoms with Gasteiger partial charge in [-0.1, -0.05) is 24.0 Å². The van der Waals surface area contributed by atoms with Crippen molar-refractivity contribution in [2.24, 2.45) is 0 Å². The van der Waals surface area contributed by atoms with Gasteiger partial charge in [-0.05, 0) is 42.5 Å². The van der Waals surface area contributed by atoms with E-state index in [2.05, 4.69) is 0 Å². The van der Waals surface area contributed by atoms with E-state index >= 15 is 0 Å². The highest BCUT2D eigenvalue weighted by atomic mass is 32.2. The van der Waals surface area contributed by atoms with E-state index in [9.17, 15) is 14.9 Å². The minimum atomic E-state index is -0.440. The van der Waals surface area contributed by atoms with E-state index in [-0.39, 0.29) is 11.6 Å². The van der Waals surface area contributed by atoms with Gasteiger partial charge in [-0.3, -0.25) is 19.8 Å². The van der Waals surface area contributed by atoms with Gasteiger partial charge in [0.05, 0.1) is 22.6 Å². The molecule has 1 aliphatic heterocycles. The van der Waals surface area contributed by atoms with Gasteiger partial charge in [-0.15, -0.1) is 0 Å². The molecule has 0 spiro atoms. The number of rotatable bonds is 5.